The number of nitrogen functional groups attached to an aromatic ring is 1. The van der Waals surface area contributed by atoms with Crippen molar-refractivity contribution in [2.75, 3.05) is 11.1 Å². The van der Waals surface area contributed by atoms with Crippen LogP contribution in [0.15, 0.2) is 36.4 Å². The van der Waals surface area contributed by atoms with Crippen LogP contribution in [0.1, 0.15) is 12.5 Å². The molecule has 1 unspecified atom stereocenters. The van der Waals surface area contributed by atoms with Gasteiger partial charge in [0, 0.05) is 6.04 Å². The van der Waals surface area contributed by atoms with Crippen LogP contribution in [0.3, 0.4) is 0 Å². The Morgan fingerprint density at radius 3 is 2.67 bits per heavy atom. The third-order valence-electron chi connectivity index (χ3n) is 2.89. The van der Waals surface area contributed by atoms with Gasteiger partial charge < -0.3 is 11.1 Å². The number of rotatable bonds is 5. The summed E-state index contributed by atoms with van der Waals surface area (Å²) in [5, 5.41) is 13.8. The van der Waals surface area contributed by atoms with Crippen molar-refractivity contribution in [2.24, 2.45) is 0 Å². The van der Waals surface area contributed by atoms with Crippen LogP contribution in [-0.2, 0) is 6.42 Å². The number of nitrogens with two attached hydrogens (primary N) is 1. The standard InChI is InChI=1S/C14H15FN4O2/c1-9(6-10-2-4-11(15)5-3-10)17-14-8-12(19(20)21)7-13(16)18-14/h2-5,7-9H,6H2,1H3,(H3,16,17,18). The number of anilines is 2. The second kappa shape index (κ2) is 6.17. The van der Waals surface area contributed by atoms with Gasteiger partial charge in [-0.25, -0.2) is 9.37 Å². The number of hydrogen-bond donors (Lipinski definition) is 2. The molecule has 0 aliphatic rings. The van der Waals surface area contributed by atoms with E-state index in [0.717, 1.165) is 5.56 Å². The molecule has 2 aromatic rings. The maximum atomic E-state index is 12.8. The van der Waals surface area contributed by atoms with Gasteiger partial charge >= 0.3 is 0 Å². The molecule has 2 rings (SSSR count). The SMILES string of the molecule is CC(Cc1ccc(F)cc1)Nc1cc([N+](=O)[O-])cc(N)n1. The van der Waals surface area contributed by atoms with Crippen LogP contribution >= 0.6 is 0 Å². The smallest absolute Gasteiger partial charge is 0.276 e. The van der Waals surface area contributed by atoms with E-state index in [4.69, 9.17) is 5.73 Å². The van der Waals surface area contributed by atoms with Crippen LogP contribution in [0.2, 0.25) is 0 Å². The van der Waals surface area contributed by atoms with E-state index in [0.29, 0.717) is 12.2 Å². The predicted molar refractivity (Wildman–Crippen MR) is 78.5 cm³/mol. The second-order valence-electron chi connectivity index (χ2n) is 4.77. The van der Waals surface area contributed by atoms with Gasteiger partial charge in [-0.3, -0.25) is 10.1 Å². The zero-order valence-electron chi connectivity index (χ0n) is 11.4. The Bertz CT molecular complexity index is 646. The third kappa shape index (κ3) is 4.13. The van der Waals surface area contributed by atoms with Crippen LogP contribution in [0.5, 0.6) is 0 Å². The lowest BCUT2D eigenvalue weighted by atomic mass is 10.1. The Labute approximate surface area is 121 Å². The van der Waals surface area contributed by atoms with Crippen molar-refractivity contribution in [1.29, 1.82) is 0 Å². The molecule has 0 bridgehead atoms. The van der Waals surface area contributed by atoms with Crippen molar-refractivity contribution < 1.29 is 9.31 Å². The summed E-state index contributed by atoms with van der Waals surface area (Å²) in [6.45, 7) is 1.90. The molecular weight excluding hydrogens is 275 g/mol. The van der Waals surface area contributed by atoms with Crippen LogP contribution in [0.4, 0.5) is 21.7 Å². The van der Waals surface area contributed by atoms with Gasteiger partial charge in [-0.2, -0.15) is 0 Å². The fraction of sp³-hybridized carbons (Fsp3) is 0.214. The molecule has 1 atom stereocenters. The highest BCUT2D eigenvalue weighted by Gasteiger charge is 2.12. The van der Waals surface area contributed by atoms with E-state index >= 15 is 0 Å². The Morgan fingerprint density at radius 2 is 2.05 bits per heavy atom. The molecule has 7 heteroatoms. The molecule has 3 N–H and O–H groups in total. The molecule has 1 aromatic carbocycles. The minimum atomic E-state index is -0.520. The Kier molecular flexibility index (Phi) is 4.32. The lowest BCUT2D eigenvalue weighted by Gasteiger charge is -2.14. The summed E-state index contributed by atoms with van der Waals surface area (Å²) in [5.41, 5.74) is 6.39. The maximum Gasteiger partial charge on any atom is 0.276 e. The highest BCUT2D eigenvalue weighted by molar-refractivity contribution is 5.53. The average molecular weight is 290 g/mol. The first kappa shape index (κ1) is 14.7. The van der Waals surface area contributed by atoms with E-state index in [1.165, 1.54) is 24.3 Å². The highest BCUT2D eigenvalue weighted by atomic mass is 19.1. The molecule has 0 fully saturated rings. The molecule has 1 heterocycles. The summed E-state index contributed by atoms with van der Waals surface area (Å²) in [7, 11) is 0. The van der Waals surface area contributed by atoms with Crippen molar-refractivity contribution in [3.8, 4) is 0 Å². The van der Waals surface area contributed by atoms with Gasteiger partial charge in [0.1, 0.15) is 17.5 Å². The summed E-state index contributed by atoms with van der Waals surface area (Å²) in [4.78, 5) is 14.3. The lowest BCUT2D eigenvalue weighted by molar-refractivity contribution is -0.384. The van der Waals surface area contributed by atoms with Gasteiger partial charge in [-0.15, -0.1) is 0 Å². The summed E-state index contributed by atoms with van der Waals surface area (Å²) in [5.74, 6) is 0.143. The number of hydrogen-bond acceptors (Lipinski definition) is 5. The van der Waals surface area contributed by atoms with Crippen molar-refractivity contribution in [2.45, 2.75) is 19.4 Å². The normalized spacial score (nSPS) is 11.9. The molecule has 0 radical (unpaired) electrons. The van der Waals surface area contributed by atoms with Crippen LogP contribution in [-0.4, -0.2) is 15.9 Å². The quantitative estimate of drug-likeness (QED) is 0.652. The molecule has 21 heavy (non-hydrogen) atoms. The van der Waals surface area contributed by atoms with E-state index in [-0.39, 0.29) is 23.4 Å². The van der Waals surface area contributed by atoms with Crippen molar-refractivity contribution in [1.82, 2.24) is 4.98 Å². The number of nitro groups is 1. The molecule has 0 spiro atoms. The van der Waals surface area contributed by atoms with Gasteiger partial charge in [-0.1, -0.05) is 12.1 Å². The fourth-order valence-corrected chi connectivity index (χ4v) is 1.99. The van der Waals surface area contributed by atoms with Crippen molar-refractivity contribution in [3.05, 3.63) is 57.9 Å². The number of benzene rings is 1. The van der Waals surface area contributed by atoms with Gasteiger partial charge in [0.05, 0.1) is 17.1 Å². The molecular formula is C14H15FN4O2. The van der Waals surface area contributed by atoms with E-state index in [1.54, 1.807) is 12.1 Å². The zero-order chi connectivity index (χ0) is 15.4. The number of halogens is 1. The highest BCUT2D eigenvalue weighted by Crippen LogP contribution is 2.19. The molecule has 0 aliphatic heterocycles. The molecule has 1 aromatic heterocycles. The molecule has 0 saturated carbocycles. The fourth-order valence-electron chi connectivity index (χ4n) is 1.99. The van der Waals surface area contributed by atoms with Crippen molar-refractivity contribution >= 4 is 17.3 Å². The average Bonchev–Trinajstić information content (AvgIpc) is 2.40. The first-order valence-corrected chi connectivity index (χ1v) is 6.37. The van der Waals surface area contributed by atoms with Crippen LogP contribution in [0, 0.1) is 15.9 Å². The molecule has 6 nitrogen and oxygen atoms in total. The van der Waals surface area contributed by atoms with Gasteiger partial charge in [0.15, 0.2) is 0 Å². The van der Waals surface area contributed by atoms with Gasteiger partial charge in [0.2, 0.25) is 0 Å². The van der Waals surface area contributed by atoms with E-state index < -0.39 is 4.92 Å². The maximum absolute atomic E-state index is 12.8. The number of aromatic nitrogens is 1. The summed E-state index contributed by atoms with van der Waals surface area (Å²) in [6.07, 6.45) is 0.630. The monoisotopic (exact) mass is 290 g/mol. The lowest BCUT2D eigenvalue weighted by Crippen LogP contribution is -2.19. The minimum Gasteiger partial charge on any atom is -0.383 e. The van der Waals surface area contributed by atoms with E-state index in [9.17, 15) is 14.5 Å². The van der Waals surface area contributed by atoms with E-state index in [2.05, 4.69) is 10.3 Å². The minimum absolute atomic E-state index is 0.0376. The summed E-state index contributed by atoms with van der Waals surface area (Å²) in [6, 6.07) is 8.68. The summed E-state index contributed by atoms with van der Waals surface area (Å²) >= 11 is 0. The number of nitrogens with zero attached hydrogens (tertiary/aromatic N) is 2. The molecule has 110 valence electrons. The van der Waals surface area contributed by atoms with E-state index in [1.807, 2.05) is 6.92 Å². The molecule has 0 aliphatic carbocycles. The Balaban J connectivity index is 2.07. The molecule has 0 saturated heterocycles. The largest absolute Gasteiger partial charge is 0.383 e. The topological polar surface area (TPSA) is 94.1 Å². The number of pyridine rings is 1. The van der Waals surface area contributed by atoms with Gasteiger partial charge in [-0.05, 0) is 31.0 Å². The Morgan fingerprint density at radius 1 is 1.38 bits per heavy atom. The number of nitrogens with one attached hydrogen (secondary N) is 1. The van der Waals surface area contributed by atoms with Gasteiger partial charge in [0.25, 0.3) is 5.69 Å². The second-order valence-corrected chi connectivity index (χ2v) is 4.77. The molecule has 0 amide bonds. The zero-order valence-corrected chi connectivity index (χ0v) is 11.4. The summed E-state index contributed by atoms with van der Waals surface area (Å²) < 4.78 is 12.8. The van der Waals surface area contributed by atoms with Crippen molar-refractivity contribution in [3.63, 3.8) is 0 Å². The third-order valence-corrected chi connectivity index (χ3v) is 2.89. The predicted octanol–water partition coefficient (Wildman–Crippen LogP) is 2.75. The van der Waals surface area contributed by atoms with Crippen LogP contribution in [0.25, 0.3) is 0 Å². The first-order chi connectivity index (χ1) is 9.94. The van der Waals surface area contributed by atoms with Crippen LogP contribution < -0.4 is 11.1 Å². The Hall–Kier alpha value is -2.70. The first-order valence-electron chi connectivity index (χ1n) is 6.37.